The number of anilines is 1. The Morgan fingerprint density at radius 2 is 1.80 bits per heavy atom. The van der Waals surface area contributed by atoms with Crippen LogP contribution in [-0.2, 0) is 21.1 Å². The number of hydrogen-bond acceptors (Lipinski definition) is 4. The van der Waals surface area contributed by atoms with Crippen LogP contribution in [0.3, 0.4) is 0 Å². The first kappa shape index (κ1) is 17.2. The number of carbonyl (C=O) groups is 1. The largest absolute Gasteiger partial charge is 0.497 e. The molecule has 5 nitrogen and oxygen atoms in total. The van der Waals surface area contributed by atoms with E-state index in [9.17, 15) is 13.2 Å². The Labute approximate surface area is 147 Å². The van der Waals surface area contributed by atoms with E-state index in [4.69, 9.17) is 4.74 Å². The van der Waals surface area contributed by atoms with Crippen LogP contribution >= 0.6 is 0 Å². The van der Waals surface area contributed by atoms with Crippen molar-refractivity contribution in [1.82, 2.24) is 0 Å². The van der Waals surface area contributed by atoms with Gasteiger partial charge in [-0.1, -0.05) is 30.3 Å². The molecular formula is C19H19NO4S. The maximum absolute atomic E-state index is 12.9. The average molecular weight is 357 g/mol. The number of nitrogens with zero attached hydrogens (tertiary/aromatic N) is 1. The Morgan fingerprint density at radius 3 is 2.36 bits per heavy atom. The molecule has 3 rings (SSSR count). The van der Waals surface area contributed by atoms with Gasteiger partial charge in [0.25, 0.3) is 0 Å². The zero-order valence-corrected chi connectivity index (χ0v) is 14.6. The molecule has 0 bridgehead atoms. The maximum Gasteiger partial charge on any atom is 0.231 e. The van der Waals surface area contributed by atoms with E-state index >= 15 is 0 Å². The van der Waals surface area contributed by atoms with Crippen molar-refractivity contribution in [1.29, 1.82) is 0 Å². The summed E-state index contributed by atoms with van der Waals surface area (Å²) in [5, 5.41) is 1.18. The molecule has 0 aromatic heterocycles. The Morgan fingerprint density at radius 1 is 1.12 bits per heavy atom. The number of benzene rings is 2. The third kappa shape index (κ3) is 4.09. The molecule has 1 atom stereocenters. The summed E-state index contributed by atoms with van der Waals surface area (Å²) in [6.07, 6.45) is 1.78. The van der Waals surface area contributed by atoms with Gasteiger partial charge in [0.1, 0.15) is 5.75 Å². The van der Waals surface area contributed by atoms with E-state index in [0.717, 1.165) is 5.56 Å². The van der Waals surface area contributed by atoms with Gasteiger partial charge < -0.3 is 9.64 Å². The van der Waals surface area contributed by atoms with E-state index in [1.165, 1.54) is 5.41 Å². The van der Waals surface area contributed by atoms with Crippen molar-refractivity contribution in [2.24, 2.45) is 0 Å². The van der Waals surface area contributed by atoms with Crippen LogP contribution in [-0.4, -0.2) is 33.2 Å². The van der Waals surface area contributed by atoms with Crippen molar-refractivity contribution in [3.05, 3.63) is 71.6 Å². The molecule has 1 aliphatic heterocycles. The van der Waals surface area contributed by atoms with Gasteiger partial charge in [-0.25, -0.2) is 8.42 Å². The molecule has 1 amide bonds. The number of carbonyl (C=O) groups excluding carboxylic acids is 1. The van der Waals surface area contributed by atoms with Gasteiger partial charge in [-0.3, -0.25) is 4.79 Å². The third-order valence-electron chi connectivity index (χ3n) is 4.06. The van der Waals surface area contributed by atoms with Gasteiger partial charge in [0, 0.05) is 11.1 Å². The van der Waals surface area contributed by atoms with Crippen molar-refractivity contribution in [2.75, 3.05) is 17.8 Å². The summed E-state index contributed by atoms with van der Waals surface area (Å²) in [5.74, 6) is 0.427. The maximum atomic E-state index is 12.9. The molecule has 0 saturated heterocycles. The van der Waals surface area contributed by atoms with Crippen molar-refractivity contribution in [2.45, 2.75) is 12.5 Å². The van der Waals surface area contributed by atoms with Gasteiger partial charge in [-0.15, -0.1) is 0 Å². The lowest BCUT2D eigenvalue weighted by atomic mass is 10.1. The fourth-order valence-corrected chi connectivity index (χ4v) is 4.11. The monoisotopic (exact) mass is 357 g/mol. The lowest BCUT2D eigenvalue weighted by Gasteiger charge is -2.28. The lowest BCUT2D eigenvalue weighted by Crippen LogP contribution is -2.42. The fraction of sp³-hybridized carbons (Fsp3) is 0.211. The minimum atomic E-state index is -3.27. The highest BCUT2D eigenvalue weighted by molar-refractivity contribution is 7.94. The standard InChI is InChI=1S/C19H19NO4S/c1-24-18-9-7-16(8-10-18)20(17-11-12-25(22,23)14-17)19(21)13-15-5-3-2-4-6-15/h2-12,17H,13-14H2,1H3/t17-/m1/s1. The minimum absolute atomic E-state index is 0.0977. The van der Waals surface area contributed by atoms with E-state index in [1.807, 2.05) is 30.3 Å². The lowest BCUT2D eigenvalue weighted by molar-refractivity contribution is -0.118. The first-order valence-electron chi connectivity index (χ1n) is 7.89. The van der Waals surface area contributed by atoms with Crippen LogP contribution in [0.25, 0.3) is 0 Å². The Balaban J connectivity index is 1.91. The highest BCUT2D eigenvalue weighted by Crippen LogP contribution is 2.26. The molecule has 2 aromatic carbocycles. The third-order valence-corrected chi connectivity index (χ3v) is 5.44. The van der Waals surface area contributed by atoms with Crippen LogP contribution in [0.4, 0.5) is 5.69 Å². The molecule has 6 heteroatoms. The van der Waals surface area contributed by atoms with Crippen LogP contribution in [0.2, 0.25) is 0 Å². The van der Waals surface area contributed by atoms with Crippen LogP contribution in [0.1, 0.15) is 5.56 Å². The average Bonchev–Trinajstić information content (AvgIpc) is 2.96. The predicted octanol–water partition coefficient (Wildman–Crippen LogP) is 2.58. The molecule has 0 saturated carbocycles. The molecular weight excluding hydrogens is 338 g/mol. The molecule has 0 spiro atoms. The van der Waals surface area contributed by atoms with Crippen molar-refractivity contribution < 1.29 is 17.9 Å². The molecule has 130 valence electrons. The number of ether oxygens (including phenoxy) is 1. The second-order valence-corrected chi connectivity index (χ2v) is 7.78. The second kappa shape index (κ2) is 7.11. The van der Waals surface area contributed by atoms with Crippen molar-refractivity contribution >= 4 is 21.4 Å². The Bertz CT molecular complexity index is 873. The minimum Gasteiger partial charge on any atom is -0.497 e. The summed E-state index contributed by atoms with van der Waals surface area (Å²) < 4.78 is 28.8. The quantitative estimate of drug-likeness (QED) is 0.825. The van der Waals surface area contributed by atoms with Gasteiger partial charge in [0.2, 0.25) is 5.91 Å². The summed E-state index contributed by atoms with van der Waals surface area (Å²) in [7, 11) is -1.70. The van der Waals surface area contributed by atoms with E-state index in [0.29, 0.717) is 11.4 Å². The van der Waals surface area contributed by atoms with Crippen LogP contribution < -0.4 is 9.64 Å². The molecule has 1 aliphatic rings. The van der Waals surface area contributed by atoms with Crippen LogP contribution in [0.15, 0.2) is 66.1 Å². The summed E-state index contributed by atoms with van der Waals surface area (Å²) in [5.41, 5.74) is 1.53. The second-order valence-electron chi connectivity index (χ2n) is 5.85. The zero-order chi connectivity index (χ0) is 17.9. The first-order chi connectivity index (χ1) is 12.0. The molecule has 0 unspecified atom stereocenters. The van der Waals surface area contributed by atoms with Gasteiger partial charge in [-0.2, -0.15) is 0 Å². The zero-order valence-electron chi connectivity index (χ0n) is 13.8. The van der Waals surface area contributed by atoms with Gasteiger partial charge in [0.15, 0.2) is 9.84 Å². The number of hydrogen-bond donors (Lipinski definition) is 0. The number of rotatable bonds is 5. The van der Waals surface area contributed by atoms with Crippen LogP contribution in [0.5, 0.6) is 5.75 Å². The molecule has 0 N–H and O–H groups in total. The van der Waals surface area contributed by atoms with E-state index in [-0.39, 0.29) is 18.1 Å². The smallest absolute Gasteiger partial charge is 0.231 e. The molecule has 0 radical (unpaired) electrons. The van der Waals surface area contributed by atoms with Crippen molar-refractivity contribution in [3.63, 3.8) is 0 Å². The highest BCUT2D eigenvalue weighted by atomic mass is 32.2. The predicted molar refractivity (Wildman–Crippen MR) is 97.3 cm³/mol. The number of methoxy groups -OCH3 is 1. The van der Waals surface area contributed by atoms with Crippen molar-refractivity contribution in [3.8, 4) is 5.75 Å². The summed E-state index contributed by atoms with van der Waals surface area (Å²) in [6.45, 7) is 0. The van der Waals surface area contributed by atoms with E-state index in [1.54, 1.807) is 42.4 Å². The van der Waals surface area contributed by atoms with E-state index in [2.05, 4.69) is 0 Å². The molecule has 1 heterocycles. The van der Waals surface area contributed by atoms with E-state index < -0.39 is 15.9 Å². The molecule has 0 aliphatic carbocycles. The highest BCUT2D eigenvalue weighted by Gasteiger charge is 2.31. The number of amides is 1. The SMILES string of the molecule is COc1ccc(N(C(=O)Cc2ccccc2)[C@@H]2C=CS(=O)(=O)C2)cc1. The summed E-state index contributed by atoms with van der Waals surface area (Å²) in [4.78, 5) is 14.5. The summed E-state index contributed by atoms with van der Waals surface area (Å²) >= 11 is 0. The molecule has 25 heavy (non-hydrogen) atoms. The number of sulfone groups is 1. The Hall–Kier alpha value is -2.60. The normalized spacial score (nSPS) is 18.0. The van der Waals surface area contributed by atoms with Gasteiger partial charge in [0.05, 0.1) is 25.3 Å². The molecule has 2 aromatic rings. The first-order valence-corrected chi connectivity index (χ1v) is 9.61. The van der Waals surface area contributed by atoms with Gasteiger partial charge in [-0.05, 0) is 35.9 Å². The van der Waals surface area contributed by atoms with Crippen LogP contribution in [0, 0.1) is 0 Å². The fourth-order valence-electron chi connectivity index (χ4n) is 2.84. The molecule has 0 fully saturated rings. The Kier molecular flexibility index (Phi) is 4.90. The van der Waals surface area contributed by atoms with Gasteiger partial charge >= 0.3 is 0 Å². The summed E-state index contributed by atoms with van der Waals surface area (Å²) in [6, 6.07) is 15.9. The topological polar surface area (TPSA) is 63.7 Å².